The SMILES string of the molecule is C[C@H](N)C(=O)N(C(=O)[C@H](O)c1cc(F)cc(F)c1)[C@H]1CC[C@@H](c2ccccc2)CNC1=O. The molecule has 0 radical (unpaired) electrons. The van der Waals surface area contributed by atoms with Crippen molar-refractivity contribution >= 4 is 17.7 Å². The zero-order valence-corrected chi connectivity index (χ0v) is 17.5. The predicted octanol–water partition coefficient (Wildman–Crippen LogP) is 1.76. The maximum Gasteiger partial charge on any atom is 0.263 e. The fourth-order valence-electron chi connectivity index (χ4n) is 3.83. The Kier molecular flexibility index (Phi) is 7.32. The van der Waals surface area contributed by atoms with Crippen molar-refractivity contribution in [2.75, 3.05) is 6.54 Å². The molecule has 0 spiro atoms. The van der Waals surface area contributed by atoms with Crippen molar-refractivity contribution in [3.05, 3.63) is 71.3 Å². The van der Waals surface area contributed by atoms with Crippen molar-refractivity contribution in [3.63, 3.8) is 0 Å². The first kappa shape index (κ1) is 23.5. The molecule has 1 heterocycles. The summed E-state index contributed by atoms with van der Waals surface area (Å²) < 4.78 is 27.2. The van der Waals surface area contributed by atoms with Gasteiger partial charge in [-0.15, -0.1) is 0 Å². The highest BCUT2D eigenvalue weighted by Gasteiger charge is 2.40. The van der Waals surface area contributed by atoms with Crippen molar-refractivity contribution < 1.29 is 28.3 Å². The molecule has 9 heteroatoms. The van der Waals surface area contributed by atoms with Gasteiger partial charge in [0.25, 0.3) is 5.91 Å². The van der Waals surface area contributed by atoms with Crippen molar-refractivity contribution in [2.24, 2.45) is 5.73 Å². The molecule has 0 unspecified atom stereocenters. The van der Waals surface area contributed by atoms with E-state index in [4.69, 9.17) is 5.73 Å². The second-order valence-corrected chi connectivity index (χ2v) is 7.89. The molecule has 170 valence electrons. The molecule has 32 heavy (non-hydrogen) atoms. The van der Waals surface area contributed by atoms with Gasteiger partial charge in [0.05, 0.1) is 6.04 Å². The first-order chi connectivity index (χ1) is 15.2. The van der Waals surface area contributed by atoms with Gasteiger partial charge in [-0.1, -0.05) is 30.3 Å². The van der Waals surface area contributed by atoms with Gasteiger partial charge in [0.2, 0.25) is 11.8 Å². The van der Waals surface area contributed by atoms with Crippen LogP contribution in [0.5, 0.6) is 0 Å². The largest absolute Gasteiger partial charge is 0.378 e. The third-order valence-electron chi connectivity index (χ3n) is 5.50. The average molecular weight is 445 g/mol. The Balaban J connectivity index is 1.90. The summed E-state index contributed by atoms with van der Waals surface area (Å²) in [6.07, 6.45) is -1.43. The number of benzene rings is 2. The third-order valence-corrected chi connectivity index (χ3v) is 5.50. The van der Waals surface area contributed by atoms with Gasteiger partial charge in [-0.2, -0.15) is 0 Å². The van der Waals surface area contributed by atoms with Gasteiger partial charge in [-0.25, -0.2) is 8.78 Å². The van der Waals surface area contributed by atoms with Crippen molar-refractivity contribution in [1.82, 2.24) is 10.2 Å². The van der Waals surface area contributed by atoms with Crippen LogP contribution in [0.4, 0.5) is 8.78 Å². The molecule has 1 aliphatic rings. The van der Waals surface area contributed by atoms with Crippen molar-refractivity contribution in [3.8, 4) is 0 Å². The normalized spacial score (nSPS) is 20.6. The minimum absolute atomic E-state index is 0.0326. The number of carbonyl (C=O) groups is 3. The average Bonchev–Trinajstić information content (AvgIpc) is 2.95. The molecule has 4 atom stereocenters. The summed E-state index contributed by atoms with van der Waals surface area (Å²) in [4.78, 5) is 39.4. The Morgan fingerprint density at radius 1 is 1.09 bits per heavy atom. The maximum absolute atomic E-state index is 13.6. The number of hydrogen-bond acceptors (Lipinski definition) is 5. The van der Waals surface area contributed by atoms with Crippen LogP contribution in [-0.4, -0.2) is 46.4 Å². The van der Waals surface area contributed by atoms with Crippen LogP contribution < -0.4 is 11.1 Å². The summed E-state index contributed by atoms with van der Waals surface area (Å²) >= 11 is 0. The van der Waals surface area contributed by atoms with E-state index < -0.39 is 47.5 Å². The summed E-state index contributed by atoms with van der Waals surface area (Å²) in [6.45, 7) is 1.66. The van der Waals surface area contributed by atoms with E-state index in [0.29, 0.717) is 23.9 Å². The number of amides is 3. The number of aliphatic hydroxyl groups excluding tert-OH is 1. The number of hydrogen-bond donors (Lipinski definition) is 3. The standard InChI is InChI=1S/C23H25F2N3O4/c1-13(26)22(31)28(23(32)20(29)16-9-17(24)11-18(25)10-16)19-8-7-15(12-27-21(19)30)14-5-3-2-4-6-14/h2-6,9-11,13,15,19-20,29H,7-8,12,26H2,1H3,(H,27,30)/t13-,15+,19-,20+/m0/s1. The van der Waals surface area contributed by atoms with Crippen LogP contribution in [-0.2, 0) is 14.4 Å². The van der Waals surface area contributed by atoms with Crippen molar-refractivity contribution in [2.45, 2.75) is 43.9 Å². The van der Waals surface area contributed by atoms with E-state index in [1.807, 2.05) is 30.3 Å². The lowest BCUT2D eigenvalue weighted by molar-refractivity contribution is -0.157. The minimum atomic E-state index is -2.05. The van der Waals surface area contributed by atoms with Gasteiger partial charge in [0.15, 0.2) is 6.10 Å². The zero-order chi connectivity index (χ0) is 23.4. The van der Waals surface area contributed by atoms with Crippen LogP contribution in [0.25, 0.3) is 0 Å². The summed E-state index contributed by atoms with van der Waals surface area (Å²) in [5, 5.41) is 13.2. The molecule has 7 nitrogen and oxygen atoms in total. The van der Waals surface area contributed by atoms with Crippen LogP contribution in [0.2, 0.25) is 0 Å². The van der Waals surface area contributed by atoms with E-state index >= 15 is 0 Å². The molecular weight excluding hydrogens is 420 g/mol. The fraction of sp³-hybridized carbons (Fsp3) is 0.348. The van der Waals surface area contributed by atoms with E-state index in [-0.39, 0.29) is 17.9 Å². The van der Waals surface area contributed by atoms with Gasteiger partial charge >= 0.3 is 0 Å². The van der Waals surface area contributed by atoms with E-state index in [0.717, 1.165) is 17.7 Å². The summed E-state index contributed by atoms with van der Waals surface area (Å²) in [5.74, 6) is -4.62. The number of nitrogens with one attached hydrogen (secondary N) is 1. The van der Waals surface area contributed by atoms with Crippen molar-refractivity contribution in [1.29, 1.82) is 0 Å². The molecule has 2 aromatic rings. The smallest absolute Gasteiger partial charge is 0.263 e. The number of imide groups is 1. The molecule has 0 aromatic heterocycles. The Labute approximate surface area is 184 Å². The summed E-state index contributed by atoms with van der Waals surface area (Å²) in [7, 11) is 0. The molecular formula is C23H25F2N3O4. The number of nitrogens with zero attached hydrogens (tertiary/aromatic N) is 1. The lowest BCUT2D eigenvalue weighted by Gasteiger charge is -2.31. The molecule has 0 aliphatic carbocycles. The molecule has 1 aliphatic heterocycles. The van der Waals surface area contributed by atoms with E-state index in [1.165, 1.54) is 6.92 Å². The zero-order valence-electron chi connectivity index (χ0n) is 17.5. The van der Waals surface area contributed by atoms with E-state index in [1.54, 1.807) is 0 Å². The molecule has 1 saturated heterocycles. The van der Waals surface area contributed by atoms with Gasteiger partial charge in [0, 0.05) is 18.5 Å². The Hall–Kier alpha value is -3.17. The van der Waals surface area contributed by atoms with Gasteiger partial charge in [-0.05, 0) is 43.0 Å². The molecule has 4 N–H and O–H groups in total. The first-order valence-corrected chi connectivity index (χ1v) is 10.3. The lowest BCUT2D eigenvalue weighted by atomic mass is 9.93. The number of nitrogens with two attached hydrogens (primary N) is 1. The molecule has 2 aromatic carbocycles. The van der Waals surface area contributed by atoms with Gasteiger partial charge in [-0.3, -0.25) is 19.3 Å². The quantitative estimate of drug-likeness (QED) is 0.649. The first-order valence-electron chi connectivity index (χ1n) is 10.3. The second kappa shape index (κ2) is 9.97. The molecule has 0 bridgehead atoms. The number of rotatable bonds is 5. The third kappa shape index (κ3) is 5.17. The van der Waals surface area contributed by atoms with Crippen LogP contribution in [0, 0.1) is 11.6 Å². The molecule has 3 amide bonds. The van der Waals surface area contributed by atoms with Crippen LogP contribution >= 0.6 is 0 Å². The predicted molar refractivity (Wildman–Crippen MR) is 112 cm³/mol. The van der Waals surface area contributed by atoms with Gasteiger partial charge < -0.3 is 16.2 Å². The summed E-state index contributed by atoms with van der Waals surface area (Å²) in [5.41, 5.74) is 6.33. The second-order valence-electron chi connectivity index (χ2n) is 7.89. The van der Waals surface area contributed by atoms with Crippen LogP contribution in [0.15, 0.2) is 48.5 Å². The van der Waals surface area contributed by atoms with E-state index in [2.05, 4.69) is 5.32 Å². The highest BCUT2D eigenvalue weighted by atomic mass is 19.1. The Morgan fingerprint density at radius 3 is 2.31 bits per heavy atom. The van der Waals surface area contributed by atoms with Crippen LogP contribution in [0.1, 0.15) is 42.9 Å². The highest BCUT2D eigenvalue weighted by Crippen LogP contribution is 2.27. The lowest BCUT2D eigenvalue weighted by Crippen LogP contribution is -2.56. The number of aliphatic hydroxyl groups is 1. The number of halogens is 2. The molecule has 3 rings (SSSR count). The van der Waals surface area contributed by atoms with Gasteiger partial charge in [0.1, 0.15) is 17.7 Å². The summed E-state index contributed by atoms with van der Waals surface area (Å²) in [6, 6.07) is 9.29. The van der Waals surface area contributed by atoms with E-state index in [9.17, 15) is 28.3 Å². The minimum Gasteiger partial charge on any atom is -0.378 e. The molecule has 0 saturated carbocycles. The highest BCUT2D eigenvalue weighted by molar-refractivity contribution is 6.03. The molecule has 1 fully saturated rings. The topological polar surface area (TPSA) is 113 Å². The monoisotopic (exact) mass is 445 g/mol. The maximum atomic E-state index is 13.6. The van der Waals surface area contributed by atoms with Crippen LogP contribution in [0.3, 0.4) is 0 Å². The number of carbonyl (C=O) groups excluding carboxylic acids is 3. The Morgan fingerprint density at radius 2 is 1.72 bits per heavy atom. The Bertz CT molecular complexity index is 980. The fourth-order valence-corrected chi connectivity index (χ4v) is 3.83.